The van der Waals surface area contributed by atoms with Crippen molar-refractivity contribution in [1.82, 2.24) is 15.5 Å². The van der Waals surface area contributed by atoms with E-state index in [-0.39, 0.29) is 23.9 Å². The molecule has 1 saturated heterocycles. The molecule has 0 spiro atoms. The fourth-order valence-electron chi connectivity index (χ4n) is 1.70. The summed E-state index contributed by atoms with van der Waals surface area (Å²) in [6.45, 7) is 9.21. The summed E-state index contributed by atoms with van der Waals surface area (Å²) in [6.07, 6.45) is 0. The van der Waals surface area contributed by atoms with E-state index in [1.54, 1.807) is 7.05 Å². The summed E-state index contributed by atoms with van der Waals surface area (Å²) in [5, 5.41) is 5.94. The van der Waals surface area contributed by atoms with Crippen LogP contribution in [0.5, 0.6) is 0 Å². The summed E-state index contributed by atoms with van der Waals surface area (Å²) < 4.78 is 0. The summed E-state index contributed by atoms with van der Waals surface area (Å²) in [6, 6.07) is 0. The van der Waals surface area contributed by atoms with Crippen LogP contribution < -0.4 is 10.6 Å². The molecule has 1 aliphatic rings. The van der Waals surface area contributed by atoms with E-state index in [0.29, 0.717) is 0 Å². The molecule has 0 saturated carbocycles. The van der Waals surface area contributed by atoms with E-state index in [1.807, 2.05) is 27.7 Å². The topological polar surface area (TPSA) is 61.4 Å². The molecule has 5 heteroatoms. The fraction of sp³-hybridized carbons (Fsp3) is 0.692. The summed E-state index contributed by atoms with van der Waals surface area (Å²) in [5.74, 6) is -0.210. The molecule has 0 aromatic rings. The number of rotatable bonds is 3. The van der Waals surface area contributed by atoms with Gasteiger partial charge in [0, 0.05) is 31.2 Å². The quantitative estimate of drug-likeness (QED) is 0.710. The zero-order chi connectivity index (χ0) is 13.9. The van der Waals surface area contributed by atoms with E-state index in [9.17, 15) is 9.59 Å². The molecule has 5 nitrogen and oxygen atoms in total. The van der Waals surface area contributed by atoms with Gasteiger partial charge in [-0.25, -0.2) is 0 Å². The Hall–Kier alpha value is -1.36. The second-order valence-corrected chi connectivity index (χ2v) is 5.79. The molecule has 1 aliphatic heterocycles. The second kappa shape index (κ2) is 5.52. The largest absolute Gasteiger partial charge is 0.350 e. The van der Waals surface area contributed by atoms with Crippen LogP contribution in [-0.2, 0) is 9.59 Å². The molecule has 102 valence electrons. The summed E-state index contributed by atoms with van der Waals surface area (Å²) >= 11 is 0. The number of carbonyl (C=O) groups excluding carboxylic acids is 2. The molecular weight excluding hydrogens is 230 g/mol. The van der Waals surface area contributed by atoms with E-state index >= 15 is 0 Å². The minimum Gasteiger partial charge on any atom is -0.350 e. The zero-order valence-corrected chi connectivity index (χ0v) is 11.9. The van der Waals surface area contributed by atoms with Crippen LogP contribution in [0.2, 0.25) is 0 Å². The Morgan fingerprint density at radius 1 is 1.33 bits per heavy atom. The first-order chi connectivity index (χ1) is 8.20. The summed E-state index contributed by atoms with van der Waals surface area (Å²) in [4.78, 5) is 25.2. The first kappa shape index (κ1) is 14.7. The SMILES string of the molecule is CC(C(=O)N(C)CC(=O)NC(C)(C)C)=C1CNC1. The van der Waals surface area contributed by atoms with Gasteiger partial charge in [-0.1, -0.05) is 0 Å². The number of nitrogens with one attached hydrogen (secondary N) is 2. The van der Waals surface area contributed by atoms with Crippen molar-refractivity contribution in [3.8, 4) is 0 Å². The lowest BCUT2D eigenvalue weighted by molar-refractivity contribution is -0.132. The molecule has 0 aromatic heterocycles. The maximum absolute atomic E-state index is 12.0. The highest BCUT2D eigenvalue weighted by Gasteiger charge is 2.21. The molecule has 18 heavy (non-hydrogen) atoms. The highest BCUT2D eigenvalue weighted by Crippen LogP contribution is 2.11. The molecule has 2 N–H and O–H groups in total. The molecule has 0 aromatic carbocycles. The molecule has 0 atom stereocenters. The van der Waals surface area contributed by atoms with Gasteiger partial charge in [0.15, 0.2) is 0 Å². The highest BCUT2D eigenvalue weighted by atomic mass is 16.2. The van der Waals surface area contributed by atoms with Crippen LogP contribution in [0.3, 0.4) is 0 Å². The lowest BCUT2D eigenvalue weighted by atomic mass is 10.0. The van der Waals surface area contributed by atoms with Crippen molar-refractivity contribution in [2.75, 3.05) is 26.7 Å². The van der Waals surface area contributed by atoms with Gasteiger partial charge >= 0.3 is 0 Å². The van der Waals surface area contributed by atoms with Gasteiger partial charge in [-0.3, -0.25) is 9.59 Å². The van der Waals surface area contributed by atoms with Gasteiger partial charge in [0.05, 0.1) is 6.54 Å². The van der Waals surface area contributed by atoms with E-state index in [2.05, 4.69) is 10.6 Å². The Bertz CT molecular complexity index is 374. The van der Waals surface area contributed by atoms with Crippen LogP contribution in [0.25, 0.3) is 0 Å². The maximum atomic E-state index is 12.0. The van der Waals surface area contributed by atoms with Crippen molar-refractivity contribution in [3.63, 3.8) is 0 Å². The second-order valence-electron chi connectivity index (χ2n) is 5.79. The fourth-order valence-corrected chi connectivity index (χ4v) is 1.70. The normalized spacial score (nSPS) is 14.8. The summed E-state index contributed by atoms with van der Waals surface area (Å²) in [7, 11) is 1.65. The van der Waals surface area contributed by atoms with Gasteiger partial charge < -0.3 is 15.5 Å². The van der Waals surface area contributed by atoms with E-state index in [1.165, 1.54) is 4.90 Å². The van der Waals surface area contributed by atoms with Crippen LogP contribution in [-0.4, -0.2) is 48.9 Å². The van der Waals surface area contributed by atoms with Crippen molar-refractivity contribution in [2.45, 2.75) is 33.2 Å². The lowest BCUT2D eigenvalue weighted by Gasteiger charge is -2.26. The zero-order valence-electron chi connectivity index (χ0n) is 11.9. The Morgan fingerprint density at radius 3 is 2.28 bits per heavy atom. The van der Waals surface area contributed by atoms with Crippen LogP contribution in [0.1, 0.15) is 27.7 Å². The molecular formula is C13H23N3O2. The van der Waals surface area contributed by atoms with Crippen molar-refractivity contribution in [1.29, 1.82) is 0 Å². The molecule has 1 heterocycles. The van der Waals surface area contributed by atoms with Crippen molar-refractivity contribution >= 4 is 11.8 Å². The minimum atomic E-state index is -0.271. The van der Waals surface area contributed by atoms with Gasteiger partial charge in [0.25, 0.3) is 0 Å². The monoisotopic (exact) mass is 253 g/mol. The Kier molecular flexibility index (Phi) is 4.51. The lowest BCUT2D eigenvalue weighted by Crippen LogP contribution is -2.47. The van der Waals surface area contributed by atoms with Crippen molar-refractivity contribution in [2.24, 2.45) is 0 Å². The number of hydrogen-bond donors (Lipinski definition) is 2. The van der Waals surface area contributed by atoms with Crippen LogP contribution in [0.4, 0.5) is 0 Å². The van der Waals surface area contributed by atoms with Gasteiger partial charge in [-0.15, -0.1) is 0 Å². The Morgan fingerprint density at radius 2 is 1.89 bits per heavy atom. The predicted octanol–water partition coefficient (Wildman–Crippen LogP) is 0.279. The van der Waals surface area contributed by atoms with E-state index < -0.39 is 0 Å². The van der Waals surface area contributed by atoms with Crippen molar-refractivity contribution < 1.29 is 9.59 Å². The highest BCUT2D eigenvalue weighted by molar-refractivity contribution is 5.96. The third kappa shape index (κ3) is 4.14. The average molecular weight is 253 g/mol. The molecule has 0 unspecified atom stereocenters. The van der Waals surface area contributed by atoms with Crippen LogP contribution in [0.15, 0.2) is 11.1 Å². The molecule has 0 radical (unpaired) electrons. The minimum absolute atomic E-state index is 0.0736. The smallest absolute Gasteiger partial charge is 0.249 e. The van der Waals surface area contributed by atoms with Crippen LogP contribution >= 0.6 is 0 Å². The molecule has 0 aliphatic carbocycles. The molecule has 1 rings (SSSR count). The standard InChI is InChI=1S/C13H23N3O2/c1-9(10-6-14-7-10)12(18)16(5)8-11(17)15-13(2,3)4/h14H,6-8H2,1-5H3,(H,15,17). The Labute approximate surface area is 109 Å². The maximum Gasteiger partial charge on any atom is 0.249 e. The Balaban J connectivity index is 2.52. The van der Waals surface area contributed by atoms with Gasteiger partial charge in [0.1, 0.15) is 0 Å². The van der Waals surface area contributed by atoms with Gasteiger partial charge in [0.2, 0.25) is 11.8 Å². The average Bonchev–Trinajstić information content (AvgIpc) is 2.10. The van der Waals surface area contributed by atoms with Crippen LogP contribution in [0, 0.1) is 0 Å². The number of hydrogen-bond acceptors (Lipinski definition) is 3. The molecule has 2 amide bonds. The first-order valence-corrected chi connectivity index (χ1v) is 6.16. The van der Waals surface area contributed by atoms with E-state index in [4.69, 9.17) is 0 Å². The summed E-state index contributed by atoms with van der Waals surface area (Å²) in [5.41, 5.74) is 1.61. The number of likely N-dealkylation sites (N-methyl/N-ethyl adjacent to an activating group) is 1. The molecule has 0 bridgehead atoms. The first-order valence-electron chi connectivity index (χ1n) is 6.16. The number of amides is 2. The van der Waals surface area contributed by atoms with Gasteiger partial charge in [-0.05, 0) is 33.3 Å². The molecule has 1 fully saturated rings. The third-order valence-corrected chi connectivity index (χ3v) is 2.77. The van der Waals surface area contributed by atoms with E-state index in [0.717, 1.165) is 24.2 Å². The van der Waals surface area contributed by atoms with Crippen molar-refractivity contribution in [3.05, 3.63) is 11.1 Å². The van der Waals surface area contributed by atoms with Gasteiger partial charge in [-0.2, -0.15) is 0 Å². The predicted molar refractivity (Wildman–Crippen MR) is 71.1 cm³/mol. The third-order valence-electron chi connectivity index (χ3n) is 2.77. The number of carbonyl (C=O) groups is 2. The number of nitrogens with zero attached hydrogens (tertiary/aromatic N) is 1.